The number of non-ortho nitro benzene ring substituents is 1. The number of azo groups is 1. The number of hydrogen-bond donors (Lipinski definition) is 1. The lowest BCUT2D eigenvalue weighted by Gasteiger charge is -2.30. The molecule has 0 spiro atoms. The monoisotopic (exact) mass is 431 g/mol. The number of amides is 1. The third-order valence-corrected chi connectivity index (χ3v) is 4.95. The highest BCUT2D eigenvalue weighted by atomic mass is 16.6. The van der Waals surface area contributed by atoms with Gasteiger partial charge in [-0.1, -0.05) is 18.2 Å². The Morgan fingerprint density at radius 3 is 2.25 bits per heavy atom. The highest BCUT2D eigenvalue weighted by molar-refractivity contribution is 6.08. The molecule has 0 unspecified atom stereocenters. The van der Waals surface area contributed by atoms with Gasteiger partial charge in [0.05, 0.1) is 40.8 Å². The molecule has 0 radical (unpaired) electrons. The summed E-state index contributed by atoms with van der Waals surface area (Å²) in [7, 11) is 0. The van der Waals surface area contributed by atoms with Crippen molar-refractivity contribution in [2.75, 3.05) is 36.5 Å². The first kappa shape index (κ1) is 21.1. The number of benzene rings is 3. The zero-order valence-corrected chi connectivity index (χ0v) is 17.2. The van der Waals surface area contributed by atoms with Crippen LogP contribution >= 0.6 is 0 Å². The molecule has 1 fully saturated rings. The summed E-state index contributed by atoms with van der Waals surface area (Å²) < 4.78 is 5.37. The SMILES string of the molecule is O=C(Nc1ccc(N=Nc2ccccc2)cc1)c1cc([N+](=O)[O-])ccc1N1CCOCC1. The van der Waals surface area contributed by atoms with Crippen LogP contribution < -0.4 is 10.2 Å². The quantitative estimate of drug-likeness (QED) is 0.332. The summed E-state index contributed by atoms with van der Waals surface area (Å²) in [5, 5.41) is 22.4. The van der Waals surface area contributed by atoms with E-state index in [-0.39, 0.29) is 11.3 Å². The number of hydrogen-bond acceptors (Lipinski definition) is 7. The van der Waals surface area contributed by atoms with Gasteiger partial charge in [-0.3, -0.25) is 14.9 Å². The standard InChI is InChI=1S/C23H21N5O4/c29-23(21-16-20(28(30)31)10-11-22(21)27-12-14-32-15-13-27)24-17-6-8-19(9-7-17)26-25-18-4-2-1-3-5-18/h1-11,16H,12-15H2,(H,24,29). The largest absolute Gasteiger partial charge is 0.378 e. The van der Waals surface area contributed by atoms with Crippen molar-refractivity contribution in [1.29, 1.82) is 0 Å². The minimum absolute atomic E-state index is 0.135. The molecular weight excluding hydrogens is 410 g/mol. The summed E-state index contributed by atoms with van der Waals surface area (Å²) in [5.74, 6) is -0.422. The van der Waals surface area contributed by atoms with E-state index in [4.69, 9.17) is 4.74 Å². The van der Waals surface area contributed by atoms with E-state index in [1.807, 2.05) is 35.2 Å². The zero-order chi connectivity index (χ0) is 22.3. The molecule has 0 aromatic heterocycles. The van der Waals surface area contributed by atoms with E-state index >= 15 is 0 Å². The van der Waals surface area contributed by atoms with Gasteiger partial charge in [0.25, 0.3) is 11.6 Å². The minimum atomic E-state index is -0.508. The molecule has 9 heteroatoms. The number of carbonyl (C=O) groups is 1. The van der Waals surface area contributed by atoms with Crippen molar-refractivity contribution in [3.05, 3.63) is 88.5 Å². The van der Waals surface area contributed by atoms with Crippen LogP contribution in [0.2, 0.25) is 0 Å². The molecule has 3 aromatic rings. The average molecular weight is 431 g/mol. The summed E-state index contributed by atoms with van der Waals surface area (Å²) >= 11 is 0. The first-order valence-electron chi connectivity index (χ1n) is 10.1. The molecule has 1 N–H and O–H groups in total. The van der Waals surface area contributed by atoms with Crippen LogP contribution in [-0.2, 0) is 4.74 Å². The molecule has 1 amide bonds. The molecule has 162 valence electrons. The lowest BCUT2D eigenvalue weighted by molar-refractivity contribution is -0.384. The van der Waals surface area contributed by atoms with Gasteiger partial charge in [-0.15, -0.1) is 0 Å². The second-order valence-electron chi connectivity index (χ2n) is 7.09. The fourth-order valence-corrected chi connectivity index (χ4v) is 3.32. The van der Waals surface area contributed by atoms with E-state index in [1.165, 1.54) is 12.1 Å². The molecule has 32 heavy (non-hydrogen) atoms. The van der Waals surface area contributed by atoms with Gasteiger partial charge in [0.2, 0.25) is 0 Å². The van der Waals surface area contributed by atoms with Crippen LogP contribution in [0.15, 0.2) is 83.0 Å². The van der Waals surface area contributed by atoms with Crippen molar-refractivity contribution < 1.29 is 14.5 Å². The van der Waals surface area contributed by atoms with Crippen molar-refractivity contribution in [2.24, 2.45) is 10.2 Å². The molecule has 1 heterocycles. The smallest absolute Gasteiger partial charge is 0.270 e. The van der Waals surface area contributed by atoms with E-state index < -0.39 is 10.8 Å². The highest BCUT2D eigenvalue weighted by Crippen LogP contribution is 2.28. The lowest BCUT2D eigenvalue weighted by atomic mass is 10.1. The number of nitro benzene ring substituents is 1. The second-order valence-corrected chi connectivity index (χ2v) is 7.09. The van der Waals surface area contributed by atoms with Crippen LogP contribution in [0.1, 0.15) is 10.4 Å². The van der Waals surface area contributed by atoms with Gasteiger partial charge in [0.1, 0.15) is 0 Å². The summed E-state index contributed by atoms with van der Waals surface area (Å²) in [6.07, 6.45) is 0. The second kappa shape index (κ2) is 9.80. The molecule has 0 aliphatic carbocycles. The maximum Gasteiger partial charge on any atom is 0.270 e. The maximum atomic E-state index is 13.0. The Kier molecular flexibility index (Phi) is 6.47. The highest BCUT2D eigenvalue weighted by Gasteiger charge is 2.22. The average Bonchev–Trinajstić information content (AvgIpc) is 2.84. The van der Waals surface area contributed by atoms with Gasteiger partial charge in [0, 0.05) is 30.9 Å². The molecule has 0 saturated carbocycles. The van der Waals surface area contributed by atoms with Gasteiger partial charge >= 0.3 is 0 Å². The van der Waals surface area contributed by atoms with Gasteiger partial charge < -0.3 is 15.0 Å². The van der Waals surface area contributed by atoms with Gasteiger partial charge in [0.15, 0.2) is 0 Å². The molecule has 0 atom stereocenters. The van der Waals surface area contributed by atoms with E-state index in [1.54, 1.807) is 30.3 Å². The third-order valence-electron chi connectivity index (χ3n) is 4.95. The van der Waals surface area contributed by atoms with Crippen LogP contribution in [-0.4, -0.2) is 37.1 Å². The van der Waals surface area contributed by atoms with Gasteiger partial charge in [-0.05, 0) is 42.5 Å². The van der Waals surface area contributed by atoms with Crippen molar-refractivity contribution in [2.45, 2.75) is 0 Å². The van der Waals surface area contributed by atoms with Crippen LogP contribution in [0.3, 0.4) is 0 Å². The van der Waals surface area contributed by atoms with Crippen LogP contribution in [0, 0.1) is 10.1 Å². The Labute approximate surface area is 184 Å². The van der Waals surface area contributed by atoms with Crippen LogP contribution in [0.25, 0.3) is 0 Å². The number of nitrogens with zero attached hydrogens (tertiary/aromatic N) is 4. The van der Waals surface area contributed by atoms with E-state index in [0.29, 0.717) is 43.4 Å². The number of anilines is 2. The Morgan fingerprint density at radius 2 is 1.59 bits per heavy atom. The predicted octanol–water partition coefficient (Wildman–Crippen LogP) is 5.10. The Morgan fingerprint density at radius 1 is 0.938 bits per heavy atom. The molecule has 1 aliphatic rings. The molecule has 1 aliphatic heterocycles. The van der Waals surface area contributed by atoms with Gasteiger partial charge in [-0.25, -0.2) is 0 Å². The number of carbonyl (C=O) groups excluding carboxylic acids is 1. The number of nitrogens with one attached hydrogen (secondary N) is 1. The fraction of sp³-hybridized carbons (Fsp3) is 0.174. The molecule has 3 aromatic carbocycles. The summed E-state index contributed by atoms with van der Waals surface area (Å²) in [6, 6.07) is 20.6. The Bertz CT molecular complexity index is 1130. The van der Waals surface area contributed by atoms with E-state index in [2.05, 4.69) is 15.5 Å². The summed E-state index contributed by atoms with van der Waals surface area (Å²) in [4.78, 5) is 25.7. The molecule has 4 rings (SSSR count). The predicted molar refractivity (Wildman–Crippen MR) is 121 cm³/mol. The number of ether oxygens (including phenoxy) is 1. The molecule has 0 bridgehead atoms. The molecular formula is C23H21N5O4. The van der Waals surface area contributed by atoms with Crippen molar-refractivity contribution >= 4 is 34.3 Å². The van der Waals surface area contributed by atoms with Gasteiger partial charge in [-0.2, -0.15) is 10.2 Å². The fourth-order valence-electron chi connectivity index (χ4n) is 3.32. The van der Waals surface area contributed by atoms with Crippen molar-refractivity contribution in [3.63, 3.8) is 0 Å². The topological polar surface area (TPSA) is 109 Å². The summed E-state index contributed by atoms with van der Waals surface area (Å²) in [6.45, 7) is 2.30. The number of nitro groups is 1. The Balaban J connectivity index is 1.52. The van der Waals surface area contributed by atoms with E-state index in [0.717, 1.165) is 5.69 Å². The zero-order valence-electron chi connectivity index (χ0n) is 17.2. The van der Waals surface area contributed by atoms with Crippen molar-refractivity contribution in [1.82, 2.24) is 0 Å². The molecule has 9 nitrogen and oxygen atoms in total. The normalized spacial score (nSPS) is 13.8. The van der Waals surface area contributed by atoms with Crippen molar-refractivity contribution in [3.8, 4) is 0 Å². The summed E-state index contributed by atoms with van der Waals surface area (Å²) in [5.41, 5.74) is 2.68. The van der Waals surface area contributed by atoms with E-state index in [9.17, 15) is 14.9 Å². The molecule has 1 saturated heterocycles. The Hall–Kier alpha value is -4.11. The first-order chi connectivity index (χ1) is 15.6. The lowest BCUT2D eigenvalue weighted by Crippen LogP contribution is -2.37. The third kappa shape index (κ3) is 5.13. The first-order valence-corrected chi connectivity index (χ1v) is 10.1. The van der Waals surface area contributed by atoms with Crippen LogP contribution in [0.5, 0.6) is 0 Å². The minimum Gasteiger partial charge on any atom is -0.378 e. The van der Waals surface area contributed by atoms with Crippen LogP contribution in [0.4, 0.5) is 28.4 Å². The maximum absolute atomic E-state index is 13.0. The number of morpholine rings is 1. The number of rotatable bonds is 6.